The van der Waals surface area contributed by atoms with E-state index in [0.717, 1.165) is 0 Å². The Kier molecular flexibility index (Phi) is 22.5. The summed E-state index contributed by atoms with van der Waals surface area (Å²) in [6.45, 7) is 6.73. The molecule has 0 saturated carbocycles. The van der Waals surface area contributed by atoms with Gasteiger partial charge in [0.25, 0.3) is 0 Å². The van der Waals surface area contributed by atoms with Gasteiger partial charge in [-0.1, -0.05) is 13.8 Å². The molecule has 0 bridgehead atoms. The minimum absolute atomic E-state index is 0.310. The lowest BCUT2D eigenvalue weighted by molar-refractivity contribution is -0.140. The van der Waals surface area contributed by atoms with Gasteiger partial charge in [-0.25, -0.2) is 0 Å². The van der Waals surface area contributed by atoms with Crippen LogP contribution in [0.4, 0.5) is 0 Å². The van der Waals surface area contributed by atoms with Crippen LogP contribution < -0.4 is 28.7 Å². The van der Waals surface area contributed by atoms with E-state index in [2.05, 4.69) is 5.73 Å². The first-order valence-corrected chi connectivity index (χ1v) is 8.58. The van der Waals surface area contributed by atoms with Gasteiger partial charge in [0.15, 0.2) is 0 Å². The summed E-state index contributed by atoms with van der Waals surface area (Å²) in [6, 6.07) is -3.32. The minimum Gasteiger partial charge on any atom is -0.480 e. The van der Waals surface area contributed by atoms with Gasteiger partial charge in [0.2, 0.25) is 5.91 Å². The van der Waals surface area contributed by atoms with Crippen LogP contribution in [0.3, 0.4) is 0 Å². The fourth-order valence-electron chi connectivity index (χ4n) is 0.913. The van der Waals surface area contributed by atoms with Crippen molar-refractivity contribution >= 4 is 29.8 Å². The molecule has 14 N–H and O–H groups in total. The number of rotatable bonds is 8. The fourth-order valence-corrected chi connectivity index (χ4v) is 0.913. The zero-order chi connectivity index (χ0) is 25.2. The lowest BCUT2D eigenvalue weighted by atomic mass is 10.1. The van der Waals surface area contributed by atoms with Gasteiger partial charge < -0.3 is 49.1 Å². The number of primary amides is 1. The van der Waals surface area contributed by atoms with Crippen LogP contribution in [0, 0.1) is 5.92 Å². The Morgan fingerprint density at radius 2 is 0.900 bits per heavy atom. The van der Waals surface area contributed by atoms with E-state index in [-0.39, 0.29) is 6.42 Å². The molecule has 30 heavy (non-hydrogen) atoms. The van der Waals surface area contributed by atoms with Gasteiger partial charge in [0.1, 0.15) is 24.2 Å². The maximum Gasteiger partial charge on any atom is 0.321 e. The van der Waals surface area contributed by atoms with Crippen LogP contribution in [0.2, 0.25) is 0 Å². The maximum absolute atomic E-state index is 10.1. The highest BCUT2D eigenvalue weighted by molar-refractivity contribution is 5.83. The molecule has 1 amide bonds. The number of amides is 1. The van der Waals surface area contributed by atoms with E-state index in [0.29, 0.717) is 12.3 Å². The van der Waals surface area contributed by atoms with Crippen molar-refractivity contribution in [1.82, 2.24) is 0 Å². The third kappa shape index (κ3) is 32.8. The van der Waals surface area contributed by atoms with E-state index in [4.69, 9.17) is 43.4 Å². The number of carboxylic acids is 4. The van der Waals surface area contributed by atoms with Crippen LogP contribution in [0.25, 0.3) is 0 Å². The Balaban J connectivity index is -0.000000153. The largest absolute Gasteiger partial charge is 0.480 e. The first kappa shape index (κ1) is 34.7. The molecule has 4 unspecified atom stereocenters. The van der Waals surface area contributed by atoms with Gasteiger partial charge in [-0.15, -0.1) is 0 Å². The molecular formula is C16H35N5O9. The van der Waals surface area contributed by atoms with Crippen LogP contribution in [-0.4, -0.2) is 74.4 Å². The van der Waals surface area contributed by atoms with E-state index >= 15 is 0 Å². The van der Waals surface area contributed by atoms with Crippen LogP contribution in [0.5, 0.6) is 0 Å². The van der Waals surface area contributed by atoms with Crippen molar-refractivity contribution < 1.29 is 44.4 Å². The Bertz CT molecular complexity index is 521. The molecule has 0 aliphatic rings. The summed E-state index contributed by atoms with van der Waals surface area (Å²) in [7, 11) is 0. The first-order chi connectivity index (χ1) is 13.4. The number of hydrogen-bond donors (Lipinski definition) is 9. The quantitative estimate of drug-likeness (QED) is 0.189. The maximum atomic E-state index is 10.1. The number of aliphatic carboxylic acids is 4. The molecule has 0 fully saturated rings. The van der Waals surface area contributed by atoms with Crippen molar-refractivity contribution in [2.24, 2.45) is 34.6 Å². The van der Waals surface area contributed by atoms with E-state index in [9.17, 15) is 24.0 Å². The van der Waals surface area contributed by atoms with Gasteiger partial charge in [-0.3, -0.25) is 24.0 Å². The van der Waals surface area contributed by atoms with Crippen LogP contribution in [0.15, 0.2) is 0 Å². The zero-order valence-electron chi connectivity index (χ0n) is 17.5. The second kappa shape index (κ2) is 19.5. The Morgan fingerprint density at radius 3 is 0.967 bits per heavy atom. The topological polar surface area (TPSA) is 296 Å². The van der Waals surface area contributed by atoms with Crippen molar-refractivity contribution in [2.45, 2.75) is 64.7 Å². The van der Waals surface area contributed by atoms with Crippen molar-refractivity contribution in [2.75, 3.05) is 0 Å². The number of carbonyl (C=O) groups is 5. The number of carbonyl (C=O) groups excluding carboxylic acids is 1. The minimum atomic E-state index is -1.21. The fraction of sp³-hybridized carbons (Fsp3) is 0.688. The van der Waals surface area contributed by atoms with E-state index < -0.39 is 54.0 Å². The van der Waals surface area contributed by atoms with E-state index in [1.54, 1.807) is 0 Å². The van der Waals surface area contributed by atoms with Crippen LogP contribution in [0.1, 0.15) is 40.5 Å². The van der Waals surface area contributed by atoms with Gasteiger partial charge in [-0.05, 0) is 26.2 Å². The van der Waals surface area contributed by atoms with Gasteiger partial charge in [-0.2, -0.15) is 0 Å². The van der Waals surface area contributed by atoms with Crippen molar-refractivity contribution in [3.8, 4) is 0 Å². The van der Waals surface area contributed by atoms with Crippen molar-refractivity contribution in [3.63, 3.8) is 0 Å². The first-order valence-electron chi connectivity index (χ1n) is 8.58. The lowest BCUT2D eigenvalue weighted by Crippen LogP contribution is -2.34. The summed E-state index contributed by atoms with van der Waals surface area (Å²) >= 11 is 0. The average Bonchev–Trinajstić information content (AvgIpc) is 2.54. The Hall–Kier alpha value is -2.81. The normalized spacial score (nSPS) is 13.4. The molecule has 14 nitrogen and oxygen atoms in total. The van der Waals surface area contributed by atoms with E-state index in [1.165, 1.54) is 13.8 Å². The molecule has 4 atom stereocenters. The van der Waals surface area contributed by atoms with Gasteiger partial charge >= 0.3 is 23.9 Å². The standard InChI is InChI=1S/C6H13NO2.C4H8N2O3.2C3H7NO2/c1-4(2)3-5(7)6(8)9;5-2(4(8)9)1-3(6)7;2*1-2(4)3(5)6/h4-5H,3,7H2,1-2H3,(H,8,9);2H,1,5H2,(H2,6,7)(H,8,9);2*2H,4H2,1H3,(H,5,6). The molecule has 0 spiro atoms. The number of hydrogen-bond acceptors (Lipinski definition) is 9. The molecule has 178 valence electrons. The molecule has 14 heteroatoms. The van der Waals surface area contributed by atoms with Crippen LogP contribution >= 0.6 is 0 Å². The van der Waals surface area contributed by atoms with Gasteiger partial charge in [0.05, 0.1) is 6.42 Å². The number of carboxylic acid groups (broad SMARTS) is 4. The molecule has 0 aromatic heterocycles. The van der Waals surface area contributed by atoms with Gasteiger partial charge in [0, 0.05) is 0 Å². The summed E-state index contributed by atoms with van der Waals surface area (Å²) in [6.07, 6.45) is 0.241. The molecular weight excluding hydrogens is 406 g/mol. The molecule has 0 saturated heterocycles. The number of nitrogens with two attached hydrogens (primary N) is 5. The predicted molar refractivity (Wildman–Crippen MR) is 107 cm³/mol. The lowest BCUT2D eigenvalue weighted by Gasteiger charge is -2.07. The second-order valence-electron chi connectivity index (χ2n) is 6.44. The predicted octanol–water partition coefficient (Wildman–Crippen LogP) is -2.45. The zero-order valence-corrected chi connectivity index (χ0v) is 17.5. The SMILES string of the molecule is CC(C)CC(N)C(=O)O.CC(N)C(=O)O.CC(N)C(=O)O.NC(=O)CC(N)C(=O)O. The monoisotopic (exact) mass is 441 g/mol. The Morgan fingerprint density at radius 1 is 0.633 bits per heavy atom. The Labute approximate surface area is 174 Å². The third-order valence-corrected chi connectivity index (χ3v) is 2.56. The highest BCUT2D eigenvalue weighted by atomic mass is 16.4. The summed E-state index contributed by atoms with van der Waals surface area (Å²) in [5.74, 6) is -4.40. The molecule has 0 aliphatic heterocycles. The van der Waals surface area contributed by atoms with Crippen molar-refractivity contribution in [1.29, 1.82) is 0 Å². The van der Waals surface area contributed by atoms with Crippen molar-refractivity contribution in [3.05, 3.63) is 0 Å². The van der Waals surface area contributed by atoms with Crippen LogP contribution in [-0.2, 0) is 24.0 Å². The summed E-state index contributed by atoms with van der Waals surface area (Å²) in [5.41, 5.74) is 24.5. The molecule has 0 aromatic rings. The molecule has 0 aromatic carbocycles. The van der Waals surface area contributed by atoms with E-state index in [1.807, 2.05) is 13.8 Å². The summed E-state index contributed by atoms with van der Waals surface area (Å²) in [4.78, 5) is 49.2. The summed E-state index contributed by atoms with van der Waals surface area (Å²) < 4.78 is 0. The molecule has 0 aliphatic carbocycles. The highest BCUT2D eigenvalue weighted by Gasteiger charge is 2.13. The molecule has 0 rings (SSSR count). The summed E-state index contributed by atoms with van der Waals surface area (Å²) in [5, 5.41) is 32.1. The third-order valence-electron chi connectivity index (χ3n) is 2.56. The average molecular weight is 441 g/mol. The molecule has 0 heterocycles. The smallest absolute Gasteiger partial charge is 0.321 e. The second-order valence-corrected chi connectivity index (χ2v) is 6.44. The highest BCUT2D eigenvalue weighted by Crippen LogP contribution is 2.01. The molecule has 0 radical (unpaired) electrons.